The molecule has 66 valence electrons. The van der Waals surface area contributed by atoms with Gasteiger partial charge in [-0.3, -0.25) is 0 Å². The average molecular weight is 185 g/mol. The number of fused-ring (bicyclic) bond motifs is 1. The van der Waals surface area contributed by atoms with E-state index in [2.05, 4.69) is 5.32 Å². The van der Waals surface area contributed by atoms with Crippen LogP contribution in [-0.2, 0) is 0 Å². The van der Waals surface area contributed by atoms with Crippen molar-refractivity contribution >= 4 is 11.6 Å². The normalized spacial score (nSPS) is 28.2. The molecule has 1 fully saturated rings. The summed E-state index contributed by atoms with van der Waals surface area (Å²) in [6, 6.07) is 0. The number of allylic oxidation sites excluding steroid dienone is 2. The lowest BCUT2D eigenvalue weighted by Gasteiger charge is -2.22. The third-order valence-corrected chi connectivity index (χ3v) is 2.97. The van der Waals surface area contributed by atoms with E-state index >= 15 is 0 Å². The molecule has 0 amide bonds. The molecule has 3 heteroatoms. The van der Waals surface area contributed by atoms with E-state index in [0.717, 1.165) is 6.42 Å². The van der Waals surface area contributed by atoms with Crippen molar-refractivity contribution in [2.24, 2.45) is 5.73 Å². The molecule has 0 aromatic rings. The lowest BCUT2D eigenvalue weighted by molar-refractivity contribution is 0.798. The van der Waals surface area contributed by atoms with Gasteiger partial charge in [0, 0.05) is 12.7 Å². The first-order valence-electron chi connectivity index (χ1n) is 4.34. The van der Waals surface area contributed by atoms with Crippen molar-refractivity contribution in [3.63, 3.8) is 0 Å². The lowest BCUT2D eigenvalue weighted by Crippen LogP contribution is -2.29. The van der Waals surface area contributed by atoms with Gasteiger partial charge in [-0.25, -0.2) is 0 Å². The van der Waals surface area contributed by atoms with E-state index < -0.39 is 0 Å². The Morgan fingerprint density at radius 2 is 2.42 bits per heavy atom. The Labute approximate surface area is 77.5 Å². The van der Waals surface area contributed by atoms with Gasteiger partial charge in [-0.15, -0.1) is 0 Å². The molecule has 0 aromatic heterocycles. The van der Waals surface area contributed by atoms with Crippen molar-refractivity contribution in [1.29, 1.82) is 0 Å². The molecular weight excluding hydrogens is 172 g/mol. The molecule has 1 heterocycles. The molecule has 1 atom stereocenters. The molecule has 2 rings (SSSR count). The first kappa shape index (κ1) is 8.14. The van der Waals surface area contributed by atoms with Crippen molar-refractivity contribution in [3.05, 3.63) is 22.9 Å². The fourth-order valence-corrected chi connectivity index (χ4v) is 2.23. The highest BCUT2D eigenvalue weighted by Crippen LogP contribution is 2.35. The van der Waals surface area contributed by atoms with Gasteiger partial charge in [0.25, 0.3) is 0 Å². The van der Waals surface area contributed by atoms with Crippen molar-refractivity contribution in [2.75, 3.05) is 6.54 Å². The first-order chi connectivity index (χ1) is 5.83. The first-order valence-corrected chi connectivity index (χ1v) is 4.78. The van der Waals surface area contributed by atoms with Gasteiger partial charge < -0.3 is 11.1 Å². The van der Waals surface area contributed by atoms with Crippen LogP contribution in [0.5, 0.6) is 0 Å². The predicted molar refractivity (Wildman–Crippen MR) is 50.8 cm³/mol. The maximum absolute atomic E-state index is 6.06. The van der Waals surface area contributed by atoms with E-state index in [1.165, 1.54) is 29.6 Å². The molecule has 1 unspecified atom stereocenters. The Bertz CT molecular complexity index is 255. The summed E-state index contributed by atoms with van der Waals surface area (Å²) in [6.45, 7) is 0.577. The summed E-state index contributed by atoms with van der Waals surface area (Å²) in [5, 5.41) is 3.12. The van der Waals surface area contributed by atoms with Gasteiger partial charge in [0.15, 0.2) is 0 Å². The molecule has 0 radical (unpaired) electrons. The molecule has 3 N–H and O–H groups in total. The van der Waals surface area contributed by atoms with E-state index in [0.29, 0.717) is 6.54 Å². The van der Waals surface area contributed by atoms with Crippen LogP contribution in [0.15, 0.2) is 22.9 Å². The highest BCUT2D eigenvalue weighted by atomic mass is 35.5. The summed E-state index contributed by atoms with van der Waals surface area (Å²) < 4.78 is 0. The molecule has 12 heavy (non-hydrogen) atoms. The summed E-state index contributed by atoms with van der Waals surface area (Å²) >= 11 is 6.06. The SMILES string of the molecule is NCC1=C2CCCC2=CNC1Cl. The Balaban J connectivity index is 2.37. The Morgan fingerprint density at radius 1 is 1.58 bits per heavy atom. The summed E-state index contributed by atoms with van der Waals surface area (Å²) in [4.78, 5) is 0. The van der Waals surface area contributed by atoms with E-state index in [1.807, 2.05) is 6.20 Å². The fraction of sp³-hybridized carbons (Fsp3) is 0.556. The van der Waals surface area contributed by atoms with Crippen LogP contribution < -0.4 is 11.1 Å². The van der Waals surface area contributed by atoms with Gasteiger partial charge in [0.05, 0.1) is 0 Å². The maximum Gasteiger partial charge on any atom is 0.124 e. The van der Waals surface area contributed by atoms with Gasteiger partial charge >= 0.3 is 0 Å². The quantitative estimate of drug-likeness (QED) is 0.479. The minimum absolute atomic E-state index is 0.0770. The number of rotatable bonds is 1. The van der Waals surface area contributed by atoms with Gasteiger partial charge in [0.2, 0.25) is 0 Å². The largest absolute Gasteiger partial charge is 0.372 e. The summed E-state index contributed by atoms with van der Waals surface area (Å²) in [6.07, 6.45) is 5.62. The summed E-state index contributed by atoms with van der Waals surface area (Å²) in [5.74, 6) is 0. The number of nitrogens with one attached hydrogen (secondary N) is 1. The van der Waals surface area contributed by atoms with E-state index in [1.54, 1.807) is 0 Å². The third-order valence-electron chi connectivity index (χ3n) is 2.58. The van der Waals surface area contributed by atoms with Crippen LogP contribution in [0.3, 0.4) is 0 Å². The van der Waals surface area contributed by atoms with Crippen molar-refractivity contribution in [2.45, 2.75) is 24.8 Å². The third kappa shape index (κ3) is 1.15. The number of hydrogen-bond acceptors (Lipinski definition) is 2. The van der Waals surface area contributed by atoms with E-state index in [-0.39, 0.29) is 5.50 Å². The fourth-order valence-electron chi connectivity index (χ4n) is 1.95. The minimum Gasteiger partial charge on any atom is -0.372 e. The second-order valence-electron chi connectivity index (χ2n) is 3.26. The standard InChI is InChI=1S/C9H13ClN2/c10-9-8(4-11)7-3-1-2-6(7)5-12-9/h5,9,12H,1-4,11H2. The number of dihydropyridines is 1. The molecule has 2 aliphatic rings. The number of halogens is 1. The molecular formula is C9H13ClN2. The maximum atomic E-state index is 6.06. The van der Waals surface area contributed by atoms with Crippen LogP contribution in [0.1, 0.15) is 19.3 Å². The van der Waals surface area contributed by atoms with Crippen molar-refractivity contribution < 1.29 is 0 Å². The van der Waals surface area contributed by atoms with Gasteiger partial charge in [-0.05, 0) is 36.0 Å². The molecule has 0 bridgehead atoms. The van der Waals surface area contributed by atoms with Crippen LogP contribution in [0.25, 0.3) is 0 Å². The van der Waals surface area contributed by atoms with Crippen molar-refractivity contribution in [3.8, 4) is 0 Å². The average Bonchev–Trinajstić information content (AvgIpc) is 2.52. The predicted octanol–water partition coefficient (Wildman–Crippen LogP) is 1.48. The van der Waals surface area contributed by atoms with E-state index in [4.69, 9.17) is 17.3 Å². The van der Waals surface area contributed by atoms with Gasteiger partial charge in [-0.2, -0.15) is 0 Å². The molecule has 1 aliphatic heterocycles. The zero-order valence-electron chi connectivity index (χ0n) is 6.94. The minimum atomic E-state index is -0.0770. The zero-order chi connectivity index (χ0) is 8.55. The van der Waals surface area contributed by atoms with E-state index in [9.17, 15) is 0 Å². The van der Waals surface area contributed by atoms with Crippen LogP contribution in [0.2, 0.25) is 0 Å². The number of hydrogen-bond donors (Lipinski definition) is 2. The molecule has 0 spiro atoms. The second-order valence-corrected chi connectivity index (χ2v) is 3.70. The van der Waals surface area contributed by atoms with Crippen molar-refractivity contribution in [1.82, 2.24) is 5.32 Å². The Hall–Kier alpha value is -0.470. The van der Waals surface area contributed by atoms with Crippen LogP contribution in [0, 0.1) is 0 Å². The highest BCUT2D eigenvalue weighted by Gasteiger charge is 2.24. The molecule has 2 nitrogen and oxygen atoms in total. The number of nitrogens with two attached hydrogens (primary N) is 1. The summed E-state index contributed by atoms with van der Waals surface area (Å²) in [5.41, 5.74) is 9.57. The van der Waals surface area contributed by atoms with Crippen LogP contribution >= 0.6 is 11.6 Å². The number of alkyl halides is 1. The highest BCUT2D eigenvalue weighted by molar-refractivity contribution is 6.22. The van der Waals surface area contributed by atoms with Crippen LogP contribution in [0.4, 0.5) is 0 Å². The zero-order valence-corrected chi connectivity index (χ0v) is 7.69. The smallest absolute Gasteiger partial charge is 0.124 e. The second kappa shape index (κ2) is 3.11. The molecule has 0 aromatic carbocycles. The van der Waals surface area contributed by atoms with Gasteiger partial charge in [0.1, 0.15) is 5.50 Å². The Kier molecular flexibility index (Phi) is 2.11. The van der Waals surface area contributed by atoms with Crippen LogP contribution in [-0.4, -0.2) is 12.0 Å². The summed E-state index contributed by atoms with van der Waals surface area (Å²) in [7, 11) is 0. The monoisotopic (exact) mass is 184 g/mol. The Morgan fingerprint density at radius 3 is 3.17 bits per heavy atom. The molecule has 0 saturated heterocycles. The topological polar surface area (TPSA) is 38.0 Å². The van der Waals surface area contributed by atoms with Gasteiger partial charge in [-0.1, -0.05) is 11.6 Å². The lowest BCUT2D eigenvalue weighted by atomic mass is 10.0. The molecule has 1 saturated carbocycles. The molecule has 1 aliphatic carbocycles.